The smallest absolute Gasteiger partial charge is 0.0679 e. The first-order valence-corrected chi connectivity index (χ1v) is 4.28. The molecule has 0 heterocycles. The van der Waals surface area contributed by atoms with Gasteiger partial charge in [-0.15, -0.1) is 0 Å². The van der Waals surface area contributed by atoms with E-state index in [1.54, 1.807) is 0 Å². The van der Waals surface area contributed by atoms with Crippen LogP contribution < -0.4 is 5.48 Å². The van der Waals surface area contributed by atoms with E-state index in [0.29, 0.717) is 0 Å². The van der Waals surface area contributed by atoms with Crippen LogP contribution in [0, 0.1) is 5.92 Å². The van der Waals surface area contributed by atoms with Crippen molar-refractivity contribution in [2.24, 2.45) is 5.92 Å². The predicted octanol–water partition coefficient (Wildman–Crippen LogP) is 1.72. The Kier molecular flexibility index (Phi) is 3.76. The molecule has 2 heteroatoms. The number of hydrogen-bond donors (Lipinski definition) is 1. The van der Waals surface area contributed by atoms with Crippen LogP contribution >= 0.6 is 0 Å². The van der Waals surface area contributed by atoms with E-state index in [2.05, 4.69) is 12.4 Å². The molecule has 1 saturated carbocycles. The molecule has 2 nitrogen and oxygen atoms in total. The van der Waals surface area contributed by atoms with Gasteiger partial charge in [0.25, 0.3) is 0 Å². The lowest BCUT2D eigenvalue weighted by Crippen LogP contribution is -2.27. The van der Waals surface area contributed by atoms with Gasteiger partial charge < -0.3 is 4.84 Å². The second-order valence-electron chi connectivity index (χ2n) is 2.99. The molecule has 1 aliphatic carbocycles. The van der Waals surface area contributed by atoms with E-state index in [4.69, 9.17) is 4.84 Å². The number of hydrogen-bond acceptors (Lipinski definition) is 2. The monoisotopic (exact) mass is 143 g/mol. The Hall–Kier alpha value is -0.0800. The van der Waals surface area contributed by atoms with Crippen LogP contribution in [0.1, 0.15) is 32.6 Å². The summed E-state index contributed by atoms with van der Waals surface area (Å²) >= 11 is 0. The largest absolute Gasteiger partial charge is 0.302 e. The van der Waals surface area contributed by atoms with E-state index >= 15 is 0 Å². The molecule has 0 spiro atoms. The van der Waals surface area contributed by atoms with E-state index in [-0.39, 0.29) is 0 Å². The van der Waals surface area contributed by atoms with Crippen molar-refractivity contribution in [3.05, 3.63) is 0 Å². The highest BCUT2D eigenvalue weighted by Crippen LogP contribution is 2.24. The fourth-order valence-corrected chi connectivity index (χ4v) is 1.05. The highest BCUT2D eigenvalue weighted by atomic mass is 16.6. The summed E-state index contributed by atoms with van der Waals surface area (Å²) in [4.78, 5) is 5.14. The summed E-state index contributed by atoms with van der Waals surface area (Å²) in [6.07, 6.45) is 5.29. The number of hydroxylamine groups is 1. The van der Waals surface area contributed by atoms with Crippen molar-refractivity contribution >= 4 is 0 Å². The maximum absolute atomic E-state index is 5.14. The van der Waals surface area contributed by atoms with Gasteiger partial charge in [0.05, 0.1) is 6.61 Å². The van der Waals surface area contributed by atoms with Crippen molar-refractivity contribution in [1.29, 1.82) is 0 Å². The highest BCUT2D eigenvalue weighted by molar-refractivity contribution is 4.69. The maximum Gasteiger partial charge on any atom is 0.0679 e. The fourth-order valence-electron chi connectivity index (χ4n) is 1.05. The Morgan fingerprint density at radius 1 is 1.50 bits per heavy atom. The van der Waals surface area contributed by atoms with Crippen molar-refractivity contribution < 1.29 is 4.84 Å². The van der Waals surface area contributed by atoms with Gasteiger partial charge >= 0.3 is 0 Å². The van der Waals surface area contributed by atoms with Crippen molar-refractivity contribution in [3.63, 3.8) is 0 Å². The summed E-state index contributed by atoms with van der Waals surface area (Å²) in [5.74, 6) is 0.900. The van der Waals surface area contributed by atoms with E-state index in [1.807, 2.05) is 0 Å². The molecule has 0 aromatic carbocycles. The zero-order chi connectivity index (χ0) is 7.23. The molecule has 0 amide bonds. The minimum Gasteiger partial charge on any atom is -0.302 e. The molecule has 1 N–H and O–H groups in total. The zero-order valence-electron chi connectivity index (χ0n) is 6.73. The quantitative estimate of drug-likeness (QED) is 0.467. The Balaban J connectivity index is 1.76. The Bertz CT molecular complexity index is 81.3. The summed E-state index contributed by atoms with van der Waals surface area (Å²) in [5.41, 5.74) is 2.99. The normalized spacial score (nSPS) is 18.9. The van der Waals surface area contributed by atoms with Crippen LogP contribution in [-0.2, 0) is 4.84 Å². The van der Waals surface area contributed by atoms with Crippen molar-refractivity contribution in [2.45, 2.75) is 32.6 Å². The molecule has 0 radical (unpaired) electrons. The summed E-state index contributed by atoms with van der Waals surface area (Å²) in [5, 5.41) is 0. The van der Waals surface area contributed by atoms with Crippen LogP contribution in [0.2, 0.25) is 0 Å². The standard InChI is InChI=1S/C8H17NO/c1-2-6-10-9-7-8-4-3-5-8/h8-9H,2-7H2,1H3. The van der Waals surface area contributed by atoms with E-state index < -0.39 is 0 Å². The molecular weight excluding hydrogens is 126 g/mol. The lowest BCUT2D eigenvalue weighted by atomic mass is 9.86. The third-order valence-corrected chi connectivity index (χ3v) is 2.01. The van der Waals surface area contributed by atoms with E-state index in [9.17, 15) is 0 Å². The topological polar surface area (TPSA) is 21.3 Å². The SMILES string of the molecule is CCCONCC1CCC1. The molecule has 0 atom stereocenters. The second kappa shape index (κ2) is 4.69. The Labute approximate surface area is 62.9 Å². The minimum absolute atomic E-state index is 0.840. The molecule has 0 aromatic rings. The van der Waals surface area contributed by atoms with Crippen molar-refractivity contribution in [2.75, 3.05) is 13.2 Å². The summed E-state index contributed by atoms with van der Waals surface area (Å²) in [6, 6.07) is 0. The average Bonchev–Trinajstić information content (AvgIpc) is 1.84. The van der Waals surface area contributed by atoms with Crippen LogP contribution in [0.5, 0.6) is 0 Å². The van der Waals surface area contributed by atoms with Crippen molar-refractivity contribution in [3.8, 4) is 0 Å². The van der Waals surface area contributed by atoms with Crippen LogP contribution in [0.3, 0.4) is 0 Å². The molecule has 0 bridgehead atoms. The third kappa shape index (κ3) is 2.67. The molecule has 0 aromatic heterocycles. The molecule has 10 heavy (non-hydrogen) atoms. The van der Waals surface area contributed by atoms with Gasteiger partial charge in [-0.2, -0.15) is 0 Å². The van der Waals surface area contributed by atoms with Gasteiger partial charge in [-0.3, -0.25) is 0 Å². The molecule has 60 valence electrons. The molecule has 1 aliphatic rings. The molecule has 0 unspecified atom stereocenters. The highest BCUT2D eigenvalue weighted by Gasteiger charge is 2.16. The van der Waals surface area contributed by atoms with Crippen LogP contribution in [0.25, 0.3) is 0 Å². The lowest BCUT2D eigenvalue weighted by Gasteiger charge is -2.24. The maximum atomic E-state index is 5.14. The molecular formula is C8H17NO. The minimum atomic E-state index is 0.840. The van der Waals surface area contributed by atoms with Gasteiger partial charge in [0.15, 0.2) is 0 Å². The first kappa shape index (κ1) is 8.02. The Morgan fingerprint density at radius 3 is 2.80 bits per heavy atom. The molecule has 0 aliphatic heterocycles. The average molecular weight is 143 g/mol. The van der Waals surface area contributed by atoms with Gasteiger partial charge in [0, 0.05) is 6.54 Å². The first-order chi connectivity index (χ1) is 4.93. The molecule has 1 fully saturated rings. The van der Waals surface area contributed by atoms with Crippen LogP contribution in [0.4, 0.5) is 0 Å². The predicted molar refractivity (Wildman–Crippen MR) is 41.6 cm³/mol. The summed E-state index contributed by atoms with van der Waals surface area (Å²) in [6.45, 7) is 4.01. The van der Waals surface area contributed by atoms with Crippen LogP contribution in [-0.4, -0.2) is 13.2 Å². The number of rotatable bonds is 5. The van der Waals surface area contributed by atoms with Gasteiger partial charge in [0.1, 0.15) is 0 Å². The fraction of sp³-hybridized carbons (Fsp3) is 1.00. The first-order valence-electron chi connectivity index (χ1n) is 4.28. The van der Waals surface area contributed by atoms with E-state index in [1.165, 1.54) is 19.3 Å². The zero-order valence-corrected chi connectivity index (χ0v) is 6.73. The Morgan fingerprint density at radius 2 is 2.30 bits per heavy atom. The summed E-state index contributed by atoms with van der Waals surface area (Å²) < 4.78 is 0. The summed E-state index contributed by atoms with van der Waals surface area (Å²) in [7, 11) is 0. The van der Waals surface area contributed by atoms with E-state index in [0.717, 1.165) is 25.5 Å². The van der Waals surface area contributed by atoms with Gasteiger partial charge in [-0.05, 0) is 25.2 Å². The number of nitrogens with one attached hydrogen (secondary N) is 1. The molecule has 0 saturated heterocycles. The van der Waals surface area contributed by atoms with Gasteiger partial charge in [-0.1, -0.05) is 13.3 Å². The second-order valence-corrected chi connectivity index (χ2v) is 2.99. The van der Waals surface area contributed by atoms with Crippen LogP contribution in [0.15, 0.2) is 0 Å². The van der Waals surface area contributed by atoms with Gasteiger partial charge in [-0.25, -0.2) is 5.48 Å². The lowest BCUT2D eigenvalue weighted by molar-refractivity contribution is 0.0249. The van der Waals surface area contributed by atoms with Crippen molar-refractivity contribution in [1.82, 2.24) is 5.48 Å². The van der Waals surface area contributed by atoms with Gasteiger partial charge in [0.2, 0.25) is 0 Å². The third-order valence-electron chi connectivity index (χ3n) is 2.01. The molecule has 1 rings (SSSR count).